The van der Waals surface area contributed by atoms with Gasteiger partial charge in [0, 0.05) is 22.3 Å². The zero-order valence-electron chi connectivity index (χ0n) is 19.1. The van der Waals surface area contributed by atoms with Gasteiger partial charge < -0.3 is 9.73 Å². The molecule has 0 unspecified atom stereocenters. The number of hydrogen-bond donors (Lipinski definition) is 1. The Morgan fingerprint density at radius 3 is 2.68 bits per heavy atom. The largest absolute Gasteiger partial charge is 0.463 e. The highest BCUT2D eigenvalue weighted by Crippen LogP contribution is 2.33. The number of furan rings is 1. The second-order valence-corrected chi connectivity index (χ2v) is 8.90. The lowest BCUT2D eigenvalue weighted by Gasteiger charge is -2.08. The maximum absolute atomic E-state index is 14.1. The number of benzene rings is 1. The molecule has 0 atom stereocenters. The van der Waals surface area contributed by atoms with Crippen LogP contribution < -0.4 is 5.32 Å². The Hall–Kier alpha value is -3.83. The summed E-state index contributed by atoms with van der Waals surface area (Å²) in [7, 11) is 0. The van der Waals surface area contributed by atoms with Gasteiger partial charge in [-0.05, 0) is 37.3 Å². The average molecular weight is 549 g/mol. The number of aryl methyl sites for hydroxylation is 1. The number of rotatable bonds is 7. The third kappa shape index (κ3) is 4.92. The molecular formula is C24H17Cl2F3N6O2. The van der Waals surface area contributed by atoms with Crippen molar-refractivity contribution in [2.75, 3.05) is 5.32 Å². The fourth-order valence-electron chi connectivity index (χ4n) is 3.94. The van der Waals surface area contributed by atoms with Gasteiger partial charge in [-0.25, -0.2) is 22.8 Å². The van der Waals surface area contributed by atoms with E-state index in [9.17, 15) is 18.0 Å². The van der Waals surface area contributed by atoms with Gasteiger partial charge in [-0.3, -0.25) is 9.48 Å². The summed E-state index contributed by atoms with van der Waals surface area (Å²) in [5.74, 6) is -0.754. The van der Waals surface area contributed by atoms with Gasteiger partial charge in [0.05, 0.1) is 23.9 Å². The quantitative estimate of drug-likeness (QED) is 0.259. The van der Waals surface area contributed by atoms with Crippen molar-refractivity contribution < 1.29 is 22.4 Å². The molecule has 5 aromatic rings. The highest BCUT2D eigenvalue weighted by atomic mass is 35.5. The van der Waals surface area contributed by atoms with Crippen molar-refractivity contribution in [1.82, 2.24) is 24.5 Å². The van der Waals surface area contributed by atoms with Crippen LogP contribution in [0.3, 0.4) is 0 Å². The standard InChI is InChI=1S/C24H17Cl2F3N6O2/c1-12-21-13(22(28)29)8-18(19-6-3-7-37-19)30-24(21)35(32-12)11-20(36)31-23-16(26)10-34(33-23)9-14-15(25)4-2-5-17(14)27/h2-8,10,22H,9,11H2,1H3,(H,31,33,36). The molecule has 0 bridgehead atoms. The summed E-state index contributed by atoms with van der Waals surface area (Å²) in [4.78, 5) is 17.3. The first-order valence-corrected chi connectivity index (χ1v) is 11.6. The lowest BCUT2D eigenvalue weighted by Crippen LogP contribution is -2.20. The maximum Gasteiger partial charge on any atom is 0.264 e. The first-order valence-electron chi connectivity index (χ1n) is 10.9. The van der Waals surface area contributed by atoms with E-state index in [1.165, 1.54) is 40.0 Å². The van der Waals surface area contributed by atoms with E-state index in [0.29, 0.717) is 11.5 Å². The Balaban J connectivity index is 1.41. The van der Waals surface area contributed by atoms with E-state index < -0.39 is 18.1 Å². The molecule has 0 spiro atoms. The summed E-state index contributed by atoms with van der Waals surface area (Å²) >= 11 is 12.3. The van der Waals surface area contributed by atoms with Crippen molar-refractivity contribution in [3.05, 3.63) is 81.5 Å². The van der Waals surface area contributed by atoms with Gasteiger partial charge in [-0.2, -0.15) is 10.2 Å². The van der Waals surface area contributed by atoms with Crippen molar-refractivity contribution in [2.45, 2.75) is 26.4 Å². The van der Waals surface area contributed by atoms with E-state index in [2.05, 4.69) is 20.5 Å². The van der Waals surface area contributed by atoms with E-state index in [1.807, 2.05) is 0 Å². The summed E-state index contributed by atoms with van der Waals surface area (Å²) < 4.78 is 49.8. The number of nitrogens with zero attached hydrogens (tertiary/aromatic N) is 5. The number of nitrogens with one attached hydrogen (secondary N) is 1. The minimum atomic E-state index is -2.80. The van der Waals surface area contributed by atoms with Gasteiger partial charge in [0.25, 0.3) is 6.43 Å². The molecule has 8 nitrogen and oxygen atoms in total. The third-order valence-electron chi connectivity index (χ3n) is 5.57. The van der Waals surface area contributed by atoms with Gasteiger partial charge in [0.15, 0.2) is 17.2 Å². The Labute approximate surface area is 217 Å². The number of pyridine rings is 1. The molecule has 37 heavy (non-hydrogen) atoms. The van der Waals surface area contributed by atoms with Crippen molar-refractivity contribution in [2.24, 2.45) is 0 Å². The first kappa shape index (κ1) is 24.8. The van der Waals surface area contributed by atoms with E-state index in [1.54, 1.807) is 25.1 Å². The number of amides is 1. The van der Waals surface area contributed by atoms with E-state index in [-0.39, 0.29) is 56.8 Å². The average Bonchev–Trinajstić information content (AvgIpc) is 3.57. The Morgan fingerprint density at radius 2 is 1.97 bits per heavy atom. The van der Waals surface area contributed by atoms with Gasteiger partial charge in [0.2, 0.25) is 5.91 Å². The zero-order chi connectivity index (χ0) is 26.3. The van der Waals surface area contributed by atoms with E-state index in [4.69, 9.17) is 27.6 Å². The third-order valence-corrected chi connectivity index (χ3v) is 6.20. The molecule has 13 heteroatoms. The number of carbonyl (C=O) groups excluding carboxylic acids is 1. The molecule has 1 aromatic carbocycles. The number of halogens is 5. The predicted octanol–water partition coefficient (Wildman–Crippen LogP) is 6.27. The van der Waals surface area contributed by atoms with Gasteiger partial charge in [0.1, 0.15) is 23.1 Å². The molecular weight excluding hydrogens is 532 g/mol. The van der Waals surface area contributed by atoms with E-state index in [0.717, 1.165) is 0 Å². The molecule has 4 heterocycles. The Morgan fingerprint density at radius 1 is 1.16 bits per heavy atom. The van der Waals surface area contributed by atoms with Crippen LogP contribution in [0.2, 0.25) is 10.0 Å². The van der Waals surface area contributed by atoms with Crippen LogP contribution in [-0.2, 0) is 17.9 Å². The summed E-state index contributed by atoms with van der Waals surface area (Å²) in [5, 5.41) is 11.5. The van der Waals surface area contributed by atoms with E-state index >= 15 is 0 Å². The zero-order valence-corrected chi connectivity index (χ0v) is 20.6. The minimum Gasteiger partial charge on any atom is -0.463 e. The summed E-state index contributed by atoms with van der Waals surface area (Å²) in [6, 6.07) is 8.77. The van der Waals surface area contributed by atoms with Gasteiger partial charge in [-0.15, -0.1) is 0 Å². The molecule has 0 fully saturated rings. The monoisotopic (exact) mass is 548 g/mol. The number of alkyl halides is 2. The molecule has 190 valence electrons. The lowest BCUT2D eigenvalue weighted by molar-refractivity contribution is -0.116. The Bertz CT molecular complexity index is 1590. The molecule has 4 aromatic heterocycles. The molecule has 0 aliphatic rings. The second kappa shape index (κ2) is 9.91. The van der Waals surface area contributed by atoms with Crippen LogP contribution in [-0.4, -0.2) is 30.5 Å². The highest BCUT2D eigenvalue weighted by Gasteiger charge is 2.23. The fourth-order valence-corrected chi connectivity index (χ4v) is 4.36. The van der Waals surface area contributed by atoms with Crippen LogP contribution in [0.25, 0.3) is 22.5 Å². The number of hydrogen-bond acceptors (Lipinski definition) is 5. The normalized spacial score (nSPS) is 11.5. The summed E-state index contributed by atoms with van der Waals surface area (Å²) in [5.41, 5.74) is 0.522. The van der Waals surface area contributed by atoms with Crippen LogP contribution >= 0.6 is 23.2 Å². The number of fused-ring (bicyclic) bond motifs is 1. The maximum atomic E-state index is 14.1. The molecule has 0 aliphatic heterocycles. The van der Waals surface area contributed by atoms with Gasteiger partial charge >= 0.3 is 0 Å². The van der Waals surface area contributed by atoms with Crippen LogP contribution in [0.1, 0.15) is 23.2 Å². The molecule has 1 N–H and O–H groups in total. The smallest absolute Gasteiger partial charge is 0.264 e. The molecule has 0 saturated carbocycles. The van der Waals surface area contributed by atoms with Crippen molar-refractivity contribution in [3.8, 4) is 11.5 Å². The van der Waals surface area contributed by atoms with Crippen molar-refractivity contribution in [1.29, 1.82) is 0 Å². The van der Waals surface area contributed by atoms with Crippen LogP contribution in [0.15, 0.2) is 53.3 Å². The Kier molecular flexibility index (Phi) is 6.65. The SMILES string of the molecule is Cc1nn(CC(=O)Nc2nn(Cc3c(F)cccc3Cl)cc2Cl)c2nc(-c3ccco3)cc(C(F)F)c12. The second-order valence-electron chi connectivity index (χ2n) is 8.09. The van der Waals surface area contributed by atoms with Gasteiger partial charge in [-0.1, -0.05) is 29.3 Å². The number of carbonyl (C=O) groups is 1. The molecule has 1 amide bonds. The molecule has 5 rings (SSSR count). The number of aromatic nitrogens is 5. The van der Waals surface area contributed by atoms with Crippen LogP contribution in [0.4, 0.5) is 19.0 Å². The molecule has 0 saturated heterocycles. The lowest BCUT2D eigenvalue weighted by atomic mass is 10.1. The van der Waals surface area contributed by atoms with Crippen LogP contribution in [0, 0.1) is 12.7 Å². The predicted molar refractivity (Wildman–Crippen MR) is 131 cm³/mol. The minimum absolute atomic E-state index is 0.0139. The summed E-state index contributed by atoms with van der Waals surface area (Å²) in [6.45, 7) is 1.19. The fraction of sp³-hybridized carbons (Fsp3) is 0.167. The van der Waals surface area contributed by atoms with Crippen LogP contribution in [0.5, 0.6) is 0 Å². The molecule has 0 aliphatic carbocycles. The van der Waals surface area contributed by atoms with Crippen molar-refractivity contribution in [3.63, 3.8) is 0 Å². The first-order chi connectivity index (χ1) is 17.7. The van der Waals surface area contributed by atoms with Crippen molar-refractivity contribution >= 4 is 46.0 Å². The highest BCUT2D eigenvalue weighted by molar-refractivity contribution is 6.33. The summed E-state index contributed by atoms with van der Waals surface area (Å²) in [6.07, 6.45) is 0.0250. The molecule has 0 radical (unpaired) electrons. The topological polar surface area (TPSA) is 90.8 Å². The number of anilines is 1.